The number of carbonyl (C=O) groups is 2. The van der Waals surface area contributed by atoms with Crippen molar-refractivity contribution in [2.45, 2.75) is 26.4 Å². The minimum atomic E-state index is -0.510. The van der Waals surface area contributed by atoms with E-state index >= 15 is 0 Å². The molecule has 0 aliphatic rings. The lowest BCUT2D eigenvalue weighted by Gasteiger charge is -2.27. The molecule has 1 rings (SSSR count). The van der Waals surface area contributed by atoms with E-state index in [1.807, 2.05) is 30.3 Å². The maximum atomic E-state index is 12.0. The van der Waals surface area contributed by atoms with E-state index in [-0.39, 0.29) is 11.8 Å². The van der Waals surface area contributed by atoms with E-state index in [0.29, 0.717) is 19.7 Å². The van der Waals surface area contributed by atoms with E-state index in [4.69, 9.17) is 4.74 Å². The zero-order chi connectivity index (χ0) is 15.0. The average molecular weight is 278 g/mol. The maximum absolute atomic E-state index is 12.0. The zero-order valence-electron chi connectivity index (χ0n) is 12.3. The maximum Gasteiger partial charge on any atom is 0.242 e. The van der Waals surface area contributed by atoms with Gasteiger partial charge in [0.25, 0.3) is 0 Å². The summed E-state index contributed by atoms with van der Waals surface area (Å²) in [5, 5.41) is 2.75. The molecular formula is C15H22N2O3. The monoisotopic (exact) mass is 278 g/mol. The van der Waals surface area contributed by atoms with Gasteiger partial charge in [-0.25, -0.2) is 0 Å². The molecule has 0 unspecified atom stereocenters. The highest BCUT2D eigenvalue weighted by Gasteiger charge is 2.23. The van der Waals surface area contributed by atoms with Crippen LogP contribution in [0.2, 0.25) is 0 Å². The molecule has 0 bridgehead atoms. The first kappa shape index (κ1) is 16.2. The number of amides is 2. The summed E-state index contributed by atoms with van der Waals surface area (Å²) in [4.78, 5) is 25.3. The number of hydrogen-bond donors (Lipinski definition) is 1. The van der Waals surface area contributed by atoms with E-state index < -0.39 is 6.04 Å². The average Bonchev–Trinajstić information content (AvgIpc) is 2.45. The van der Waals surface area contributed by atoms with Crippen molar-refractivity contribution in [3.63, 3.8) is 0 Å². The largest absolute Gasteiger partial charge is 0.383 e. The summed E-state index contributed by atoms with van der Waals surface area (Å²) in [6.45, 7) is 4.53. The standard InChI is InChI=1S/C15H22N2O3/c1-12(15(19)16-9-10-20-3)17(13(2)18)11-14-7-5-4-6-8-14/h4-8,12H,9-11H2,1-3H3,(H,16,19)/t12-/m0/s1. The van der Waals surface area contributed by atoms with Crippen molar-refractivity contribution in [3.05, 3.63) is 35.9 Å². The Morgan fingerprint density at radius 3 is 2.50 bits per heavy atom. The number of hydrogen-bond acceptors (Lipinski definition) is 3. The first-order valence-corrected chi connectivity index (χ1v) is 6.64. The second-order valence-electron chi connectivity index (χ2n) is 4.59. The molecule has 1 atom stereocenters. The highest BCUT2D eigenvalue weighted by atomic mass is 16.5. The lowest BCUT2D eigenvalue weighted by molar-refractivity contribution is -0.139. The molecule has 0 saturated carbocycles. The van der Waals surface area contributed by atoms with Gasteiger partial charge in [0.2, 0.25) is 11.8 Å². The Morgan fingerprint density at radius 1 is 1.30 bits per heavy atom. The first-order valence-electron chi connectivity index (χ1n) is 6.64. The van der Waals surface area contributed by atoms with Gasteiger partial charge in [0.1, 0.15) is 6.04 Å². The van der Waals surface area contributed by atoms with Gasteiger partial charge in [-0.2, -0.15) is 0 Å². The van der Waals surface area contributed by atoms with Gasteiger partial charge < -0.3 is 15.0 Å². The van der Waals surface area contributed by atoms with Crippen LogP contribution in [0.15, 0.2) is 30.3 Å². The van der Waals surface area contributed by atoms with Gasteiger partial charge in [0.05, 0.1) is 6.61 Å². The molecule has 2 amide bonds. The number of benzene rings is 1. The molecule has 5 heteroatoms. The van der Waals surface area contributed by atoms with Crippen molar-refractivity contribution < 1.29 is 14.3 Å². The van der Waals surface area contributed by atoms with Crippen molar-refractivity contribution in [2.24, 2.45) is 0 Å². The molecule has 0 aliphatic heterocycles. The molecule has 0 aromatic heterocycles. The smallest absolute Gasteiger partial charge is 0.242 e. The second-order valence-corrected chi connectivity index (χ2v) is 4.59. The lowest BCUT2D eigenvalue weighted by atomic mass is 10.1. The SMILES string of the molecule is COCCNC(=O)[C@H](C)N(Cc1ccccc1)C(C)=O. The second kappa shape index (κ2) is 8.32. The number of carbonyl (C=O) groups excluding carboxylic acids is 2. The molecule has 1 aromatic rings. The summed E-state index contributed by atoms with van der Waals surface area (Å²) in [6, 6.07) is 9.11. The van der Waals surface area contributed by atoms with Crippen LogP contribution < -0.4 is 5.32 Å². The molecule has 0 radical (unpaired) electrons. The Morgan fingerprint density at radius 2 is 1.95 bits per heavy atom. The third-order valence-corrected chi connectivity index (χ3v) is 3.05. The van der Waals surface area contributed by atoms with E-state index in [9.17, 15) is 9.59 Å². The quantitative estimate of drug-likeness (QED) is 0.762. The molecule has 0 saturated heterocycles. The molecule has 0 aliphatic carbocycles. The fourth-order valence-electron chi connectivity index (χ4n) is 1.87. The van der Waals surface area contributed by atoms with Gasteiger partial charge in [-0.3, -0.25) is 9.59 Å². The summed E-state index contributed by atoms with van der Waals surface area (Å²) < 4.78 is 4.88. The number of ether oxygens (including phenoxy) is 1. The molecule has 20 heavy (non-hydrogen) atoms. The van der Waals surface area contributed by atoms with Gasteiger partial charge in [-0.05, 0) is 12.5 Å². The summed E-state index contributed by atoms with van der Waals surface area (Å²) in [7, 11) is 1.58. The van der Waals surface area contributed by atoms with E-state index in [1.54, 1.807) is 18.9 Å². The van der Waals surface area contributed by atoms with Gasteiger partial charge in [-0.1, -0.05) is 30.3 Å². The number of methoxy groups -OCH3 is 1. The third-order valence-electron chi connectivity index (χ3n) is 3.05. The van der Waals surface area contributed by atoms with Gasteiger partial charge in [0.15, 0.2) is 0 Å². The van der Waals surface area contributed by atoms with E-state index in [2.05, 4.69) is 5.32 Å². The Bertz CT molecular complexity index is 434. The van der Waals surface area contributed by atoms with Crippen LogP contribution in [-0.4, -0.2) is 43.0 Å². The van der Waals surface area contributed by atoms with Crippen LogP contribution >= 0.6 is 0 Å². The lowest BCUT2D eigenvalue weighted by Crippen LogP contribution is -2.47. The molecular weight excluding hydrogens is 256 g/mol. The topological polar surface area (TPSA) is 58.6 Å². The van der Waals surface area contributed by atoms with Crippen molar-refractivity contribution in [1.82, 2.24) is 10.2 Å². The minimum absolute atomic E-state index is 0.122. The number of nitrogens with one attached hydrogen (secondary N) is 1. The Balaban J connectivity index is 2.65. The minimum Gasteiger partial charge on any atom is -0.383 e. The molecule has 110 valence electrons. The summed E-state index contributed by atoms with van der Waals surface area (Å²) in [5.41, 5.74) is 0.999. The summed E-state index contributed by atoms with van der Waals surface area (Å²) >= 11 is 0. The van der Waals surface area contributed by atoms with Crippen LogP contribution in [0.1, 0.15) is 19.4 Å². The molecule has 0 spiro atoms. The fourth-order valence-corrected chi connectivity index (χ4v) is 1.87. The van der Waals surface area contributed by atoms with E-state index in [0.717, 1.165) is 5.56 Å². The summed E-state index contributed by atoms with van der Waals surface area (Å²) in [5.74, 6) is -0.295. The van der Waals surface area contributed by atoms with Crippen LogP contribution in [0.3, 0.4) is 0 Å². The Labute approximate surface area is 119 Å². The van der Waals surface area contributed by atoms with Crippen molar-refractivity contribution >= 4 is 11.8 Å². The van der Waals surface area contributed by atoms with E-state index in [1.165, 1.54) is 6.92 Å². The van der Waals surface area contributed by atoms with Gasteiger partial charge >= 0.3 is 0 Å². The highest BCUT2D eigenvalue weighted by Crippen LogP contribution is 2.09. The van der Waals surface area contributed by atoms with Crippen LogP contribution in [0, 0.1) is 0 Å². The number of nitrogens with zero attached hydrogens (tertiary/aromatic N) is 1. The summed E-state index contributed by atoms with van der Waals surface area (Å²) in [6.07, 6.45) is 0. The predicted octanol–water partition coefficient (Wildman–Crippen LogP) is 1.19. The Hall–Kier alpha value is -1.88. The van der Waals surface area contributed by atoms with Gasteiger partial charge in [-0.15, -0.1) is 0 Å². The highest BCUT2D eigenvalue weighted by molar-refractivity contribution is 5.86. The molecule has 1 N–H and O–H groups in total. The van der Waals surface area contributed by atoms with Gasteiger partial charge in [0, 0.05) is 27.1 Å². The van der Waals surface area contributed by atoms with Crippen LogP contribution in [0.4, 0.5) is 0 Å². The van der Waals surface area contributed by atoms with Crippen molar-refractivity contribution in [1.29, 1.82) is 0 Å². The van der Waals surface area contributed by atoms with Crippen LogP contribution in [0.25, 0.3) is 0 Å². The zero-order valence-corrected chi connectivity index (χ0v) is 12.3. The molecule has 5 nitrogen and oxygen atoms in total. The molecule has 0 heterocycles. The molecule has 0 fully saturated rings. The first-order chi connectivity index (χ1) is 9.56. The Kier molecular flexibility index (Phi) is 6.73. The number of rotatable bonds is 7. The van der Waals surface area contributed by atoms with Crippen molar-refractivity contribution in [2.75, 3.05) is 20.3 Å². The molecule has 1 aromatic carbocycles. The normalized spacial score (nSPS) is 11.8. The van der Waals surface area contributed by atoms with Crippen LogP contribution in [0.5, 0.6) is 0 Å². The van der Waals surface area contributed by atoms with Crippen LogP contribution in [-0.2, 0) is 20.9 Å². The third kappa shape index (κ3) is 5.01. The van der Waals surface area contributed by atoms with Crippen molar-refractivity contribution in [3.8, 4) is 0 Å². The predicted molar refractivity (Wildman–Crippen MR) is 77.0 cm³/mol. The fraction of sp³-hybridized carbons (Fsp3) is 0.467.